The van der Waals surface area contributed by atoms with Crippen LogP contribution in [0.25, 0.3) is 22.3 Å². The van der Waals surface area contributed by atoms with Gasteiger partial charge >= 0.3 is 6.18 Å². The number of halogens is 3. The van der Waals surface area contributed by atoms with Crippen molar-refractivity contribution in [1.82, 2.24) is 15.0 Å². The molecule has 0 atom stereocenters. The van der Waals surface area contributed by atoms with Crippen LogP contribution in [0.1, 0.15) is 23.7 Å². The minimum Gasteiger partial charge on any atom is -0.488 e. The van der Waals surface area contributed by atoms with E-state index in [1.165, 1.54) is 31.5 Å². The molecule has 1 amide bonds. The van der Waals surface area contributed by atoms with Gasteiger partial charge in [-0.05, 0) is 42.0 Å². The normalized spacial score (nSPS) is 11.2. The predicted octanol–water partition coefficient (Wildman–Crippen LogP) is 5.05. The van der Waals surface area contributed by atoms with Crippen LogP contribution < -0.4 is 10.1 Å². The third-order valence-electron chi connectivity index (χ3n) is 4.73. The maximum Gasteiger partial charge on any atom is 0.419 e. The molecule has 0 radical (unpaired) electrons. The predicted molar refractivity (Wildman–Crippen MR) is 114 cm³/mol. The van der Waals surface area contributed by atoms with Gasteiger partial charge in [-0.3, -0.25) is 4.79 Å². The first-order chi connectivity index (χ1) is 15.7. The smallest absolute Gasteiger partial charge is 0.419 e. The van der Waals surface area contributed by atoms with Crippen LogP contribution in [0.15, 0.2) is 54.9 Å². The Morgan fingerprint density at radius 2 is 2.03 bits per heavy atom. The Labute approximate surface area is 185 Å². The fourth-order valence-corrected chi connectivity index (χ4v) is 3.31. The first-order valence-corrected chi connectivity index (χ1v) is 9.70. The summed E-state index contributed by atoms with van der Waals surface area (Å²) < 4.78 is 46.9. The first-order valence-electron chi connectivity index (χ1n) is 9.70. The van der Waals surface area contributed by atoms with Crippen molar-refractivity contribution in [2.24, 2.45) is 0 Å². The van der Waals surface area contributed by atoms with E-state index in [1.54, 1.807) is 24.3 Å². The number of aromatic amines is 1. The molecule has 2 N–H and O–H groups in total. The Bertz CT molecular complexity index is 1390. The molecule has 0 saturated heterocycles. The molecule has 0 fully saturated rings. The summed E-state index contributed by atoms with van der Waals surface area (Å²) in [7, 11) is 0. The van der Waals surface area contributed by atoms with Crippen LogP contribution in [0.5, 0.6) is 5.75 Å². The largest absolute Gasteiger partial charge is 0.488 e. The highest BCUT2D eigenvalue weighted by Crippen LogP contribution is 2.39. The number of alkyl halides is 3. The standard InChI is InChI=1S/C23H16F3N5O2/c1-13(32)30-16-4-2-3-14(7-16)11-33-21-6-5-15(8-17(21)23(24,25)26)18-9-19-22(29-12-28-19)20(10-27)31-18/h2-9,12H,11H2,1H3,(H,28,29)(H,30,32). The molecule has 0 bridgehead atoms. The number of aromatic nitrogens is 3. The van der Waals surface area contributed by atoms with Crippen molar-refractivity contribution in [2.75, 3.05) is 5.32 Å². The number of hydrogen-bond acceptors (Lipinski definition) is 5. The van der Waals surface area contributed by atoms with Gasteiger partial charge in [-0.15, -0.1) is 0 Å². The van der Waals surface area contributed by atoms with Crippen molar-refractivity contribution in [3.05, 3.63) is 71.7 Å². The lowest BCUT2D eigenvalue weighted by Gasteiger charge is -2.16. The van der Waals surface area contributed by atoms with Crippen LogP contribution in [-0.2, 0) is 17.6 Å². The fraction of sp³-hybridized carbons (Fsp3) is 0.130. The molecule has 0 saturated carbocycles. The van der Waals surface area contributed by atoms with Gasteiger partial charge in [-0.2, -0.15) is 18.4 Å². The topological polar surface area (TPSA) is 104 Å². The summed E-state index contributed by atoms with van der Waals surface area (Å²) in [6.07, 6.45) is -3.30. The Balaban J connectivity index is 1.66. The summed E-state index contributed by atoms with van der Waals surface area (Å²) in [6, 6.07) is 13.7. The lowest BCUT2D eigenvalue weighted by atomic mass is 10.1. The minimum absolute atomic E-state index is 0.0108. The third-order valence-corrected chi connectivity index (χ3v) is 4.73. The van der Waals surface area contributed by atoms with E-state index in [0.717, 1.165) is 6.07 Å². The molecule has 10 heteroatoms. The first kappa shape index (κ1) is 21.8. The van der Waals surface area contributed by atoms with Crippen LogP contribution >= 0.6 is 0 Å². The second-order valence-corrected chi connectivity index (χ2v) is 7.15. The van der Waals surface area contributed by atoms with Crippen LogP contribution in [0, 0.1) is 11.3 Å². The van der Waals surface area contributed by atoms with E-state index in [9.17, 15) is 23.2 Å². The van der Waals surface area contributed by atoms with Crippen molar-refractivity contribution in [3.8, 4) is 23.1 Å². The number of imidazole rings is 1. The van der Waals surface area contributed by atoms with Crippen LogP contribution in [0.2, 0.25) is 0 Å². The van der Waals surface area contributed by atoms with Gasteiger partial charge in [0, 0.05) is 18.2 Å². The van der Waals surface area contributed by atoms with E-state index >= 15 is 0 Å². The highest BCUT2D eigenvalue weighted by molar-refractivity contribution is 5.88. The molecule has 2 aromatic heterocycles. The summed E-state index contributed by atoms with van der Waals surface area (Å²) in [4.78, 5) is 22.2. The second kappa shape index (κ2) is 8.63. The zero-order valence-corrected chi connectivity index (χ0v) is 17.2. The van der Waals surface area contributed by atoms with Crippen LogP contribution in [0.4, 0.5) is 18.9 Å². The number of nitrogens with zero attached hydrogens (tertiary/aromatic N) is 3. The lowest BCUT2D eigenvalue weighted by molar-refractivity contribution is -0.139. The Morgan fingerprint density at radius 1 is 1.21 bits per heavy atom. The Kier molecular flexibility index (Phi) is 5.70. The number of amides is 1. The molecule has 4 rings (SSSR count). The molecule has 0 aliphatic carbocycles. The summed E-state index contributed by atoms with van der Waals surface area (Å²) in [5.74, 6) is -0.608. The van der Waals surface area contributed by atoms with Crippen LogP contribution in [-0.4, -0.2) is 20.9 Å². The number of fused-ring (bicyclic) bond motifs is 1. The zero-order valence-electron chi connectivity index (χ0n) is 17.2. The Morgan fingerprint density at radius 3 is 2.76 bits per heavy atom. The molecule has 2 aromatic carbocycles. The van der Waals surface area contributed by atoms with Gasteiger partial charge in [0.25, 0.3) is 0 Å². The molecular formula is C23H16F3N5O2. The van der Waals surface area contributed by atoms with Gasteiger partial charge in [0.1, 0.15) is 23.9 Å². The fourth-order valence-electron chi connectivity index (χ4n) is 3.31. The van der Waals surface area contributed by atoms with Gasteiger partial charge in [0.15, 0.2) is 5.69 Å². The van der Waals surface area contributed by atoms with Crippen molar-refractivity contribution in [2.45, 2.75) is 19.7 Å². The van der Waals surface area contributed by atoms with Gasteiger partial charge in [-0.25, -0.2) is 9.97 Å². The number of nitrogens with one attached hydrogen (secondary N) is 2. The average molecular weight is 451 g/mol. The number of benzene rings is 2. The maximum atomic E-state index is 13.8. The third kappa shape index (κ3) is 4.77. The van der Waals surface area contributed by atoms with Crippen molar-refractivity contribution < 1.29 is 22.7 Å². The second-order valence-electron chi connectivity index (χ2n) is 7.15. The number of hydrogen-bond donors (Lipinski definition) is 2. The molecule has 0 unspecified atom stereocenters. The average Bonchev–Trinajstić information content (AvgIpc) is 3.25. The van der Waals surface area contributed by atoms with Gasteiger partial charge in [0.2, 0.25) is 5.91 Å². The van der Waals surface area contributed by atoms with E-state index in [-0.39, 0.29) is 35.2 Å². The zero-order chi connectivity index (χ0) is 23.6. The summed E-state index contributed by atoms with van der Waals surface area (Å²) in [5, 5.41) is 11.9. The molecule has 33 heavy (non-hydrogen) atoms. The van der Waals surface area contributed by atoms with E-state index in [2.05, 4.69) is 20.3 Å². The van der Waals surface area contributed by atoms with E-state index in [0.29, 0.717) is 22.3 Å². The van der Waals surface area contributed by atoms with Crippen molar-refractivity contribution in [1.29, 1.82) is 5.26 Å². The minimum atomic E-state index is -4.68. The van der Waals surface area contributed by atoms with E-state index < -0.39 is 11.7 Å². The quantitative estimate of drug-likeness (QED) is 0.442. The number of carbonyl (C=O) groups is 1. The Hall–Kier alpha value is -4.39. The number of H-pyrrole nitrogens is 1. The van der Waals surface area contributed by atoms with Gasteiger partial charge in [-0.1, -0.05) is 12.1 Å². The highest BCUT2D eigenvalue weighted by Gasteiger charge is 2.35. The summed E-state index contributed by atoms with van der Waals surface area (Å²) in [6.45, 7) is 1.23. The number of ether oxygens (including phenoxy) is 1. The number of nitriles is 1. The monoisotopic (exact) mass is 451 g/mol. The molecule has 0 aliphatic heterocycles. The number of rotatable bonds is 5. The molecule has 2 heterocycles. The van der Waals surface area contributed by atoms with E-state index in [4.69, 9.17) is 4.74 Å². The van der Waals surface area contributed by atoms with Crippen LogP contribution in [0.3, 0.4) is 0 Å². The van der Waals surface area contributed by atoms with Crippen molar-refractivity contribution in [3.63, 3.8) is 0 Å². The van der Waals surface area contributed by atoms with Gasteiger partial charge < -0.3 is 15.0 Å². The SMILES string of the molecule is CC(=O)Nc1cccc(COc2ccc(-c3cc4[nH]cnc4c(C#N)n3)cc2C(F)(F)F)c1. The molecule has 0 spiro atoms. The molecule has 4 aromatic rings. The van der Waals surface area contributed by atoms with Crippen molar-refractivity contribution >= 4 is 22.6 Å². The molecule has 166 valence electrons. The maximum absolute atomic E-state index is 13.8. The lowest BCUT2D eigenvalue weighted by Crippen LogP contribution is -2.10. The number of anilines is 1. The number of pyridine rings is 1. The highest BCUT2D eigenvalue weighted by atomic mass is 19.4. The van der Waals surface area contributed by atoms with Gasteiger partial charge in [0.05, 0.1) is 23.1 Å². The number of carbonyl (C=O) groups excluding carboxylic acids is 1. The molecule has 0 aliphatic rings. The molecule has 7 nitrogen and oxygen atoms in total. The van der Waals surface area contributed by atoms with E-state index in [1.807, 2.05) is 6.07 Å². The summed E-state index contributed by atoms with van der Waals surface area (Å²) in [5.41, 5.74) is 1.36. The summed E-state index contributed by atoms with van der Waals surface area (Å²) >= 11 is 0. The molecular weight excluding hydrogens is 435 g/mol.